The molecule has 1 N–H and O–H groups in total. The van der Waals surface area contributed by atoms with Gasteiger partial charge in [-0.05, 0) is 44.5 Å². The number of hydrogen-bond donors (Lipinski definition) is 1. The van der Waals surface area contributed by atoms with Crippen LogP contribution in [-0.2, 0) is 4.74 Å². The van der Waals surface area contributed by atoms with Crippen molar-refractivity contribution < 1.29 is 9.47 Å². The van der Waals surface area contributed by atoms with Gasteiger partial charge in [-0.15, -0.1) is 0 Å². The molecule has 1 atom stereocenters. The minimum atomic E-state index is 0.173. The van der Waals surface area contributed by atoms with Gasteiger partial charge in [0.15, 0.2) is 0 Å². The lowest BCUT2D eigenvalue weighted by Gasteiger charge is -2.22. The number of methoxy groups -OCH3 is 1. The number of nitrogens with one attached hydrogen (secondary N) is 1. The van der Waals surface area contributed by atoms with Crippen molar-refractivity contribution >= 4 is 0 Å². The Kier molecular flexibility index (Phi) is 6.16. The van der Waals surface area contributed by atoms with Crippen LogP contribution in [0.25, 0.3) is 0 Å². The molecule has 0 aliphatic carbocycles. The molecule has 0 bridgehead atoms. The van der Waals surface area contributed by atoms with Crippen LogP contribution in [0.1, 0.15) is 36.1 Å². The minimum Gasteiger partial charge on any atom is -0.496 e. The van der Waals surface area contributed by atoms with E-state index >= 15 is 0 Å². The molecule has 0 fully saturated rings. The molecule has 0 saturated heterocycles. The molecular weight excluding hydrogens is 226 g/mol. The van der Waals surface area contributed by atoms with Crippen LogP contribution in [-0.4, -0.2) is 27.4 Å². The number of likely N-dealkylation sites (N-methyl/N-ethyl adjacent to an activating group) is 1. The maximum atomic E-state index is 5.66. The van der Waals surface area contributed by atoms with Gasteiger partial charge in [-0.2, -0.15) is 0 Å². The summed E-state index contributed by atoms with van der Waals surface area (Å²) in [6.45, 7) is 7.79. The van der Waals surface area contributed by atoms with Crippen LogP contribution in [0, 0.1) is 13.8 Å². The van der Waals surface area contributed by atoms with Crippen LogP contribution in [0.4, 0.5) is 0 Å². The summed E-state index contributed by atoms with van der Waals surface area (Å²) in [7, 11) is 3.68. The molecule has 3 nitrogen and oxygen atoms in total. The quantitative estimate of drug-likeness (QED) is 0.756. The number of benzene rings is 1. The van der Waals surface area contributed by atoms with Crippen molar-refractivity contribution in [2.45, 2.75) is 33.2 Å². The van der Waals surface area contributed by atoms with E-state index in [1.165, 1.54) is 16.7 Å². The molecule has 0 amide bonds. The van der Waals surface area contributed by atoms with E-state index in [0.29, 0.717) is 6.61 Å². The molecule has 0 aliphatic heterocycles. The molecule has 0 spiro atoms. The Labute approximate surface area is 110 Å². The van der Waals surface area contributed by atoms with Crippen molar-refractivity contribution in [1.82, 2.24) is 5.32 Å². The highest BCUT2D eigenvalue weighted by molar-refractivity contribution is 5.45. The lowest BCUT2D eigenvalue weighted by molar-refractivity contribution is 0.113. The molecule has 102 valence electrons. The van der Waals surface area contributed by atoms with E-state index in [9.17, 15) is 0 Å². The second kappa shape index (κ2) is 7.39. The maximum absolute atomic E-state index is 5.66. The Morgan fingerprint density at radius 2 is 2.00 bits per heavy atom. The Morgan fingerprint density at radius 1 is 1.28 bits per heavy atom. The lowest BCUT2D eigenvalue weighted by Crippen LogP contribution is -2.23. The third-order valence-corrected chi connectivity index (χ3v) is 3.04. The van der Waals surface area contributed by atoms with Gasteiger partial charge in [-0.25, -0.2) is 0 Å². The van der Waals surface area contributed by atoms with E-state index in [4.69, 9.17) is 9.47 Å². The van der Waals surface area contributed by atoms with Gasteiger partial charge in [0.25, 0.3) is 0 Å². The molecule has 0 radical (unpaired) electrons. The normalized spacial score (nSPS) is 12.5. The lowest BCUT2D eigenvalue weighted by atomic mass is 9.98. The van der Waals surface area contributed by atoms with Crippen LogP contribution in [0.3, 0.4) is 0 Å². The monoisotopic (exact) mass is 251 g/mol. The molecular formula is C15H25NO2. The van der Waals surface area contributed by atoms with E-state index in [2.05, 4.69) is 38.2 Å². The summed E-state index contributed by atoms with van der Waals surface area (Å²) in [5, 5.41) is 3.31. The number of rotatable bonds is 7. The summed E-state index contributed by atoms with van der Waals surface area (Å²) in [6, 6.07) is 4.43. The highest BCUT2D eigenvalue weighted by Crippen LogP contribution is 2.30. The molecule has 18 heavy (non-hydrogen) atoms. The first-order chi connectivity index (χ1) is 8.63. The standard InChI is InChI=1S/C15H25NO2/c1-6-7-18-10-13(16-4)15-12(3)8-11(2)9-14(15)17-5/h8-9,13,16H,6-7,10H2,1-5H3. The fourth-order valence-corrected chi connectivity index (χ4v) is 2.21. The average molecular weight is 251 g/mol. The van der Waals surface area contributed by atoms with Crippen LogP contribution < -0.4 is 10.1 Å². The first-order valence-electron chi connectivity index (χ1n) is 6.54. The topological polar surface area (TPSA) is 30.5 Å². The molecule has 1 rings (SSSR count). The molecule has 1 aromatic carbocycles. The molecule has 0 saturated carbocycles. The van der Waals surface area contributed by atoms with Gasteiger partial charge in [0.05, 0.1) is 19.8 Å². The summed E-state index contributed by atoms with van der Waals surface area (Å²) in [5.41, 5.74) is 3.66. The zero-order chi connectivity index (χ0) is 13.5. The molecule has 1 aromatic rings. The highest BCUT2D eigenvalue weighted by atomic mass is 16.5. The van der Waals surface area contributed by atoms with Gasteiger partial charge in [0.1, 0.15) is 5.75 Å². The smallest absolute Gasteiger partial charge is 0.124 e. The number of hydrogen-bond acceptors (Lipinski definition) is 3. The van der Waals surface area contributed by atoms with Crippen LogP contribution in [0.2, 0.25) is 0 Å². The molecule has 0 aromatic heterocycles. The van der Waals surface area contributed by atoms with Gasteiger partial charge in [0.2, 0.25) is 0 Å². The van der Waals surface area contributed by atoms with Gasteiger partial charge in [-0.1, -0.05) is 13.0 Å². The summed E-state index contributed by atoms with van der Waals surface area (Å²) in [6.07, 6.45) is 1.04. The van der Waals surface area contributed by atoms with Crippen molar-refractivity contribution in [3.8, 4) is 5.75 Å². The van der Waals surface area contributed by atoms with Crippen LogP contribution in [0.5, 0.6) is 5.75 Å². The van der Waals surface area contributed by atoms with Crippen LogP contribution >= 0.6 is 0 Å². The number of aryl methyl sites for hydroxylation is 2. The molecule has 0 heterocycles. The SMILES string of the molecule is CCCOCC(NC)c1c(C)cc(C)cc1OC. The second-order valence-corrected chi connectivity index (χ2v) is 4.61. The van der Waals surface area contributed by atoms with Gasteiger partial charge in [-0.3, -0.25) is 0 Å². The van der Waals surface area contributed by atoms with Gasteiger partial charge >= 0.3 is 0 Å². The maximum Gasteiger partial charge on any atom is 0.124 e. The summed E-state index contributed by atoms with van der Waals surface area (Å²) in [4.78, 5) is 0. The number of ether oxygens (including phenoxy) is 2. The average Bonchev–Trinajstić information content (AvgIpc) is 2.35. The van der Waals surface area contributed by atoms with E-state index in [1.807, 2.05) is 7.05 Å². The van der Waals surface area contributed by atoms with Gasteiger partial charge in [0, 0.05) is 12.2 Å². The fraction of sp³-hybridized carbons (Fsp3) is 0.600. The summed E-state index contributed by atoms with van der Waals surface area (Å²) in [5.74, 6) is 0.937. The predicted octanol–water partition coefficient (Wildman–Crippen LogP) is 3.00. The molecule has 0 aliphatic rings. The Morgan fingerprint density at radius 3 is 2.56 bits per heavy atom. The largest absolute Gasteiger partial charge is 0.496 e. The zero-order valence-electron chi connectivity index (χ0n) is 12.2. The van der Waals surface area contributed by atoms with E-state index in [-0.39, 0.29) is 6.04 Å². The van der Waals surface area contributed by atoms with Gasteiger partial charge < -0.3 is 14.8 Å². The summed E-state index contributed by atoms with van der Waals surface area (Å²) >= 11 is 0. The third kappa shape index (κ3) is 3.72. The first kappa shape index (κ1) is 15.0. The second-order valence-electron chi connectivity index (χ2n) is 4.61. The fourth-order valence-electron chi connectivity index (χ4n) is 2.21. The zero-order valence-corrected chi connectivity index (χ0v) is 12.2. The van der Waals surface area contributed by atoms with E-state index in [0.717, 1.165) is 18.8 Å². The van der Waals surface area contributed by atoms with Crippen molar-refractivity contribution in [2.24, 2.45) is 0 Å². The molecule has 1 unspecified atom stereocenters. The van der Waals surface area contributed by atoms with Crippen LogP contribution in [0.15, 0.2) is 12.1 Å². The summed E-state index contributed by atoms with van der Waals surface area (Å²) < 4.78 is 11.2. The minimum absolute atomic E-state index is 0.173. The van der Waals surface area contributed by atoms with E-state index in [1.54, 1.807) is 7.11 Å². The van der Waals surface area contributed by atoms with Crippen molar-refractivity contribution in [2.75, 3.05) is 27.4 Å². The first-order valence-corrected chi connectivity index (χ1v) is 6.54. The Balaban J connectivity index is 2.96. The third-order valence-electron chi connectivity index (χ3n) is 3.04. The Hall–Kier alpha value is -1.06. The Bertz CT molecular complexity index is 377. The van der Waals surface area contributed by atoms with Crippen molar-refractivity contribution in [3.63, 3.8) is 0 Å². The predicted molar refractivity (Wildman–Crippen MR) is 75.4 cm³/mol. The highest BCUT2D eigenvalue weighted by Gasteiger charge is 2.17. The van der Waals surface area contributed by atoms with Crippen molar-refractivity contribution in [1.29, 1.82) is 0 Å². The molecule has 3 heteroatoms. The van der Waals surface area contributed by atoms with E-state index < -0.39 is 0 Å². The van der Waals surface area contributed by atoms with Crippen molar-refractivity contribution in [3.05, 3.63) is 28.8 Å².